The van der Waals surface area contributed by atoms with Crippen LogP contribution in [0.1, 0.15) is 32.1 Å². The summed E-state index contributed by atoms with van der Waals surface area (Å²) in [6.45, 7) is 2.86. The molecule has 2 N–H and O–H groups in total. The van der Waals surface area contributed by atoms with Crippen molar-refractivity contribution >= 4 is 17.7 Å². The van der Waals surface area contributed by atoms with Gasteiger partial charge in [-0.3, -0.25) is 4.79 Å². The van der Waals surface area contributed by atoms with Crippen molar-refractivity contribution in [2.45, 2.75) is 37.4 Å². The second-order valence-electron chi connectivity index (χ2n) is 4.23. The Bertz CT molecular complexity index is 259. The van der Waals surface area contributed by atoms with Gasteiger partial charge in [-0.1, -0.05) is 0 Å². The van der Waals surface area contributed by atoms with Crippen LogP contribution >= 0.6 is 11.8 Å². The zero-order chi connectivity index (χ0) is 12.3. The van der Waals surface area contributed by atoms with Crippen LogP contribution in [-0.4, -0.2) is 36.5 Å². The first-order valence-electron chi connectivity index (χ1n) is 6.29. The van der Waals surface area contributed by atoms with Gasteiger partial charge in [-0.05, 0) is 38.8 Å². The van der Waals surface area contributed by atoms with Crippen molar-refractivity contribution in [3.05, 3.63) is 0 Å². The molecule has 0 radical (unpaired) electrons. The number of carbonyl (C=O) groups excluding carboxylic acids is 1. The van der Waals surface area contributed by atoms with Gasteiger partial charge >= 0.3 is 0 Å². The number of carbonyl (C=O) groups is 1. The van der Waals surface area contributed by atoms with Gasteiger partial charge in [0.25, 0.3) is 0 Å². The normalized spacial score (nSPS) is 16.4. The van der Waals surface area contributed by atoms with E-state index in [-0.39, 0.29) is 5.91 Å². The summed E-state index contributed by atoms with van der Waals surface area (Å²) in [5, 5.41) is 15.2. The molecule has 0 saturated carbocycles. The van der Waals surface area contributed by atoms with Gasteiger partial charge in [-0.2, -0.15) is 5.26 Å². The highest BCUT2D eigenvalue weighted by Gasteiger charge is 2.14. The SMILES string of the molecule is N#CCCCCNC(=O)CSC1CCNCC1. The first kappa shape index (κ1) is 14.3. The highest BCUT2D eigenvalue weighted by Crippen LogP contribution is 2.19. The Labute approximate surface area is 108 Å². The van der Waals surface area contributed by atoms with Crippen molar-refractivity contribution in [2.24, 2.45) is 0 Å². The van der Waals surface area contributed by atoms with Crippen molar-refractivity contribution in [3.8, 4) is 6.07 Å². The monoisotopic (exact) mass is 255 g/mol. The van der Waals surface area contributed by atoms with Crippen LogP contribution in [-0.2, 0) is 4.79 Å². The van der Waals surface area contributed by atoms with Crippen molar-refractivity contribution in [2.75, 3.05) is 25.4 Å². The van der Waals surface area contributed by atoms with Crippen LogP contribution in [0.5, 0.6) is 0 Å². The standard InChI is InChI=1S/C12H21N3OS/c13-6-2-1-3-7-15-12(16)10-17-11-4-8-14-9-5-11/h11,14H,1-5,7-10H2,(H,15,16). The van der Waals surface area contributed by atoms with Gasteiger partial charge in [-0.15, -0.1) is 11.8 Å². The van der Waals surface area contributed by atoms with Crippen LogP contribution in [0.25, 0.3) is 0 Å². The van der Waals surface area contributed by atoms with Crippen LogP contribution < -0.4 is 10.6 Å². The Morgan fingerprint density at radius 3 is 2.88 bits per heavy atom. The van der Waals surface area contributed by atoms with Crippen LogP contribution in [0.3, 0.4) is 0 Å². The van der Waals surface area contributed by atoms with Gasteiger partial charge in [0.15, 0.2) is 0 Å². The predicted octanol–water partition coefficient (Wildman–Crippen LogP) is 1.28. The van der Waals surface area contributed by atoms with Gasteiger partial charge < -0.3 is 10.6 Å². The summed E-state index contributed by atoms with van der Waals surface area (Å²) in [5.41, 5.74) is 0. The van der Waals surface area contributed by atoms with Crippen molar-refractivity contribution < 1.29 is 4.79 Å². The fourth-order valence-corrected chi connectivity index (χ4v) is 2.82. The number of nitriles is 1. The number of hydrogen-bond acceptors (Lipinski definition) is 4. The molecule has 96 valence electrons. The summed E-state index contributed by atoms with van der Waals surface area (Å²) in [4.78, 5) is 11.5. The molecule has 1 saturated heterocycles. The van der Waals surface area contributed by atoms with Gasteiger partial charge in [0.05, 0.1) is 11.8 Å². The zero-order valence-corrected chi connectivity index (χ0v) is 11.0. The van der Waals surface area contributed by atoms with E-state index >= 15 is 0 Å². The molecule has 1 amide bonds. The van der Waals surface area contributed by atoms with Gasteiger partial charge in [0.2, 0.25) is 5.91 Å². The molecule has 1 rings (SSSR count). The highest BCUT2D eigenvalue weighted by atomic mass is 32.2. The summed E-state index contributed by atoms with van der Waals surface area (Å²) >= 11 is 1.77. The molecule has 0 aromatic rings. The van der Waals surface area contributed by atoms with E-state index in [2.05, 4.69) is 16.7 Å². The third-order valence-corrected chi connectivity index (χ3v) is 4.15. The van der Waals surface area contributed by atoms with Gasteiger partial charge in [0, 0.05) is 18.2 Å². The topological polar surface area (TPSA) is 64.9 Å². The number of rotatable bonds is 7. The second-order valence-corrected chi connectivity index (χ2v) is 5.51. The van der Waals surface area contributed by atoms with Crippen molar-refractivity contribution in [1.82, 2.24) is 10.6 Å². The Balaban J connectivity index is 1.95. The van der Waals surface area contributed by atoms with E-state index in [1.807, 2.05) is 0 Å². The summed E-state index contributed by atoms with van der Waals surface area (Å²) in [6, 6.07) is 2.10. The first-order chi connectivity index (χ1) is 8.33. The lowest BCUT2D eigenvalue weighted by Gasteiger charge is -2.21. The predicted molar refractivity (Wildman–Crippen MR) is 70.8 cm³/mol. The molecular weight excluding hydrogens is 234 g/mol. The maximum absolute atomic E-state index is 11.5. The zero-order valence-electron chi connectivity index (χ0n) is 10.2. The largest absolute Gasteiger partial charge is 0.355 e. The molecule has 17 heavy (non-hydrogen) atoms. The summed E-state index contributed by atoms with van der Waals surface area (Å²) < 4.78 is 0. The fraction of sp³-hybridized carbons (Fsp3) is 0.833. The maximum Gasteiger partial charge on any atom is 0.230 e. The Morgan fingerprint density at radius 1 is 1.41 bits per heavy atom. The molecule has 0 aromatic carbocycles. The van der Waals surface area contributed by atoms with Gasteiger partial charge in [0.1, 0.15) is 0 Å². The van der Waals surface area contributed by atoms with E-state index < -0.39 is 0 Å². The molecule has 4 nitrogen and oxygen atoms in total. The molecule has 1 aliphatic heterocycles. The lowest BCUT2D eigenvalue weighted by molar-refractivity contribution is -0.118. The molecular formula is C12H21N3OS. The van der Waals surface area contributed by atoms with Gasteiger partial charge in [-0.25, -0.2) is 0 Å². The Kier molecular flexibility index (Phi) is 7.85. The molecule has 0 spiro atoms. The van der Waals surface area contributed by atoms with E-state index in [1.165, 1.54) is 12.8 Å². The van der Waals surface area contributed by atoms with E-state index in [0.29, 0.717) is 24.0 Å². The third-order valence-electron chi connectivity index (χ3n) is 2.77. The van der Waals surface area contributed by atoms with Crippen LogP contribution in [0, 0.1) is 11.3 Å². The number of nitrogens with one attached hydrogen (secondary N) is 2. The average Bonchev–Trinajstić information content (AvgIpc) is 2.37. The van der Waals surface area contributed by atoms with E-state index in [0.717, 1.165) is 25.9 Å². The second kappa shape index (κ2) is 9.32. The molecule has 0 atom stereocenters. The van der Waals surface area contributed by atoms with Crippen LogP contribution in [0.15, 0.2) is 0 Å². The molecule has 0 bridgehead atoms. The molecule has 5 heteroatoms. The number of thioether (sulfide) groups is 1. The third kappa shape index (κ3) is 7.24. The summed E-state index contributed by atoms with van der Waals surface area (Å²) in [5.74, 6) is 0.702. The van der Waals surface area contributed by atoms with E-state index in [1.54, 1.807) is 11.8 Å². The van der Waals surface area contributed by atoms with E-state index in [9.17, 15) is 4.79 Å². The average molecular weight is 255 g/mol. The van der Waals surface area contributed by atoms with Crippen LogP contribution in [0.4, 0.5) is 0 Å². The molecule has 0 aromatic heterocycles. The number of amides is 1. The minimum absolute atomic E-state index is 0.130. The molecule has 1 heterocycles. The van der Waals surface area contributed by atoms with Crippen molar-refractivity contribution in [3.63, 3.8) is 0 Å². The lowest BCUT2D eigenvalue weighted by Crippen LogP contribution is -2.31. The molecule has 0 unspecified atom stereocenters. The lowest BCUT2D eigenvalue weighted by atomic mass is 10.2. The number of unbranched alkanes of at least 4 members (excludes halogenated alkanes) is 2. The summed E-state index contributed by atoms with van der Waals surface area (Å²) in [7, 11) is 0. The number of nitrogens with zero attached hydrogens (tertiary/aromatic N) is 1. The first-order valence-corrected chi connectivity index (χ1v) is 7.34. The minimum atomic E-state index is 0.130. The molecule has 1 fully saturated rings. The Morgan fingerprint density at radius 2 is 2.18 bits per heavy atom. The maximum atomic E-state index is 11.5. The highest BCUT2D eigenvalue weighted by molar-refractivity contribution is 8.00. The fourth-order valence-electron chi connectivity index (χ4n) is 1.76. The summed E-state index contributed by atoms with van der Waals surface area (Å²) in [6.07, 6.45) is 4.69. The minimum Gasteiger partial charge on any atom is -0.355 e. The Hall–Kier alpha value is -0.730. The van der Waals surface area contributed by atoms with Crippen LogP contribution in [0.2, 0.25) is 0 Å². The van der Waals surface area contributed by atoms with Crippen molar-refractivity contribution in [1.29, 1.82) is 5.26 Å². The molecule has 0 aliphatic carbocycles. The quantitative estimate of drug-likeness (QED) is 0.673. The number of hydrogen-bond donors (Lipinski definition) is 2. The number of piperidine rings is 1. The smallest absolute Gasteiger partial charge is 0.230 e. The molecule has 1 aliphatic rings. The van der Waals surface area contributed by atoms with E-state index in [4.69, 9.17) is 5.26 Å².